The summed E-state index contributed by atoms with van der Waals surface area (Å²) >= 11 is 0. The van der Waals surface area contributed by atoms with E-state index in [9.17, 15) is 13.6 Å². The minimum atomic E-state index is -0.748. The van der Waals surface area contributed by atoms with Crippen LogP contribution in [0, 0.1) is 11.6 Å². The molecule has 4 rings (SSSR count). The Labute approximate surface area is 173 Å². The van der Waals surface area contributed by atoms with Crippen molar-refractivity contribution in [1.29, 1.82) is 0 Å². The third-order valence-electron chi connectivity index (χ3n) is 4.77. The summed E-state index contributed by atoms with van der Waals surface area (Å²) in [6.07, 6.45) is 0.843. The third kappa shape index (κ3) is 4.00. The van der Waals surface area contributed by atoms with E-state index in [0.29, 0.717) is 48.5 Å². The van der Waals surface area contributed by atoms with Gasteiger partial charge in [0, 0.05) is 30.2 Å². The molecule has 8 heteroatoms. The van der Waals surface area contributed by atoms with Crippen LogP contribution in [0.25, 0.3) is 22.2 Å². The first-order valence-electron chi connectivity index (χ1n) is 9.76. The van der Waals surface area contributed by atoms with Crippen molar-refractivity contribution < 1.29 is 23.0 Å². The van der Waals surface area contributed by atoms with Crippen LogP contribution in [-0.4, -0.2) is 47.5 Å². The van der Waals surface area contributed by atoms with E-state index in [0.717, 1.165) is 0 Å². The monoisotopic (exact) mass is 415 g/mol. The van der Waals surface area contributed by atoms with Crippen molar-refractivity contribution in [3.05, 3.63) is 48.2 Å². The predicted octanol–water partition coefficient (Wildman–Crippen LogP) is 4.60. The highest BCUT2D eigenvalue weighted by molar-refractivity contribution is 5.96. The molecule has 0 saturated carbocycles. The van der Waals surface area contributed by atoms with Crippen LogP contribution < -0.4 is 4.90 Å². The molecule has 2 aromatic heterocycles. The lowest BCUT2D eigenvalue weighted by molar-refractivity contribution is 0.0547. The van der Waals surface area contributed by atoms with E-state index >= 15 is 0 Å². The Morgan fingerprint density at radius 3 is 2.53 bits per heavy atom. The zero-order valence-electron chi connectivity index (χ0n) is 17.1. The van der Waals surface area contributed by atoms with Crippen LogP contribution in [0.4, 0.5) is 19.4 Å². The molecular formula is C22H23F2N3O3. The molecule has 3 aromatic rings. The van der Waals surface area contributed by atoms with Gasteiger partial charge < -0.3 is 14.4 Å². The maximum absolute atomic E-state index is 14.9. The Morgan fingerprint density at radius 2 is 1.87 bits per heavy atom. The summed E-state index contributed by atoms with van der Waals surface area (Å²) in [4.78, 5) is 19.0. The number of nitrogens with zero attached hydrogens (tertiary/aromatic N) is 3. The maximum Gasteiger partial charge on any atom is 0.419 e. The Morgan fingerprint density at radius 1 is 1.13 bits per heavy atom. The smallest absolute Gasteiger partial charge is 0.419 e. The minimum Gasteiger partial charge on any atom is -0.443 e. The van der Waals surface area contributed by atoms with Gasteiger partial charge in [0.15, 0.2) is 11.6 Å². The number of morpholine rings is 1. The van der Waals surface area contributed by atoms with Crippen molar-refractivity contribution in [2.45, 2.75) is 26.4 Å². The lowest BCUT2D eigenvalue weighted by Crippen LogP contribution is -2.37. The molecule has 30 heavy (non-hydrogen) atoms. The fourth-order valence-corrected chi connectivity index (χ4v) is 3.47. The number of ether oxygens (including phenoxy) is 2. The SMILES string of the molecule is CC(C)(C)OC(=O)n1c(-c2cnc(N3CCOCC3)c(F)c2)cc2ccc(F)cc21. The van der Waals surface area contributed by atoms with E-state index in [1.54, 1.807) is 32.9 Å². The number of anilines is 1. The molecule has 1 aliphatic rings. The Kier molecular flexibility index (Phi) is 5.19. The minimum absolute atomic E-state index is 0.244. The largest absolute Gasteiger partial charge is 0.443 e. The summed E-state index contributed by atoms with van der Waals surface area (Å²) in [5.41, 5.74) is 0.371. The molecule has 0 amide bonds. The number of hydrogen-bond donors (Lipinski definition) is 0. The first-order valence-corrected chi connectivity index (χ1v) is 9.76. The van der Waals surface area contributed by atoms with Gasteiger partial charge in [-0.1, -0.05) is 0 Å². The van der Waals surface area contributed by atoms with E-state index < -0.39 is 23.3 Å². The molecule has 0 atom stereocenters. The predicted molar refractivity (Wildman–Crippen MR) is 110 cm³/mol. The number of pyridine rings is 1. The number of fused-ring (bicyclic) bond motifs is 1. The molecule has 158 valence electrons. The molecule has 1 aromatic carbocycles. The first kappa shape index (κ1) is 20.3. The van der Waals surface area contributed by atoms with Gasteiger partial charge in [0.25, 0.3) is 0 Å². The van der Waals surface area contributed by atoms with Crippen molar-refractivity contribution in [3.8, 4) is 11.3 Å². The van der Waals surface area contributed by atoms with Gasteiger partial charge >= 0.3 is 6.09 Å². The fourth-order valence-electron chi connectivity index (χ4n) is 3.47. The molecule has 1 fully saturated rings. The highest BCUT2D eigenvalue weighted by atomic mass is 19.1. The molecule has 3 heterocycles. The van der Waals surface area contributed by atoms with Gasteiger partial charge in [-0.05, 0) is 51.1 Å². The Balaban J connectivity index is 1.81. The molecule has 0 unspecified atom stereocenters. The van der Waals surface area contributed by atoms with Crippen molar-refractivity contribution in [2.75, 3.05) is 31.2 Å². The van der Waals surface area contributed by atoms with Gasteiger partial charge in [0.2, 0.25) is 0 Å². The summed E-state index contributed by atoms with van der Waals surface area (Å²) in [6.45, 7) is 7.38. The molecule has 0 radical (unpaired) electrons. The van der Waals surface area contributed by atoms with Gasteiger partial charge in [0.1, 0.15) is 11.4 Å². The zero-order chi connectivity index (χ0) is 21.5. The summed E-state index contributed by atoms with van der Waals surface area (Å²) in [5, 5.41) is 0.634. The van der Waals surface area contributed by atoms with Crippen LogP contribution in [0.1, 0.15) is 20.8 Å². The van der Waals surface area contributed by atoms with E-state index in [-0.39, 0.29) is 5.82 Å². The van der Waals surface area contributed by atoms with Gasteiger partial charge in [0.05, 0.1) is 24.4 Å². The summed E-state index contributed by atoms with van der Waals surface area (Å²) in [5.74, 6) is -0.737. The number of halogens is 2. The van der Waals surface area contributed by atoms with Crippen LogP contribution in [0.3, 0.4) is 0 Å². The number of carbonyl (C=O) groups is 1. The Bertz CT molecular complexity index is 1100. The number of rotatable bonds is 2. The second kappa shape index (κ2) is 7.68. The van der Waals surface area contributed by atoms with Gasteiger partial charge in [-0.3, -0.25) is 0 Å². The number of benzene rings is 1. The van der Waals surface area contributed by atoms with Crippen molar-refractivity contribution in [1.82, 2.24) is 9.55 Å². The zero-order valence-corrected chi connectivity index (χ0v) is 17.1. The van der Waals surface area contributed by atoms with Crippen LogP contribution in [0.15, 0.2) is 36.5 Å². The summed E-state index contributed by atoms with van der Waals surface area (Å²) < 4.78 is 40.9. The van der Waals surface area contributed by atoms with Gasteiger partial charge in [-0.25, -0.2) is 23.1 Å². The third-order valence-corrected chi connectivity index (χ3v) is 4.77. The molecule has 1 aliphatic heterocycles. The average molecular weight is 415 g/mol. The molecule has 1 saturated heterocycles. The van der Waals surface area contributed by atoms with E-state index in [2.05, 4.69) is 4.98 Å². The van der Waals surface area contributed by atoms with Crippen LogP contribution >= 0.6 is 0 Å². The lowest BCUT2D eigenvalue weighted by Gasteiger charge is -2.28. The van der Waals surface area contributed by atoms with Gasteiger partial charge in [-0.15, -0.1) is 0 Å². The summed E-state index contributed by atoms with van der Waals surface area (Å²) in [6, 6.07) is 7.17. The number of aromatic nitrogens is 2. The second-order valence-corrected chi connectivity index (χ2v) is 8.18. The van der Waals surface area contributed by atoms with Crippen LogP contribution in [-0.2, 0) is 9.47 Å². The van der Waals surface area contributed by atoms with Crippen molar-refractivity contribution in [2.24, 2.45) is 0 Å². The van der Waals surface area contributed by atoms with E-state index in [1.165, 1.54) is 29.0 Å². The van der Waals surface area contributed by atoms with Crippen LogP contribution in [0.2, 0.25) is 0 Å². The highest BCUT2D eigenvalue weighted by Crippen LogP contribution is 2.31. The average Bonchev–Trinajstić information content (AvgIpc) is 3.06. The molecular weight excluding hydrogens is 392 g/mol. The first-order chi connectivity index (χ1) is 14.2. The number of carbonyl (C=O) groups excluding carboxylic acids is 1. The van der Waals surface area contributed by atoms with Gasteiger partial charge in [-0.2, -0.15) is 0 Å². The molecule has 0 aliphatic carbocycles. The summed E-state index contributed by atoms with van der Waals surface area (Å²) in [7, 11) is 0. The molecule has 0 bridgehead atoms. The topological polar surface area (TPSA) is 56.6 Å². The molecule has 0 N–H and O–H groups in total. The fraction of sp³-hybridized carbons (Fsp3) is 0.364. The standard InChI is InChI=1S/C22H23F2N3O3/c1-22(2,3)30-21(28)27-18(11-14-4-5-16(23)12-19(14)27)15-10-17(24)20(25-13-15)26-6-8-29-9-7-26/h4-5,10-13H,6-9H2,1-3H3. The normalized spacial score (nSPS) is 14.9. The van der Waals surface area contributed by atoms with Crippen molar-refractivity contribution >= 4 is 22.8 Å². The maximum atomic E-state index is 14.9. The van der Waals surface area contributed by atoms with E-state index in [4.69, 9.17) is 9.47 Å². The Hall–Kier alpha value is -3.00. The van der Waals surface area contributed by atoms with E-state index in [1.807, 2.05) is 4.90 Å². The quantitative estimate of drug-likeness (QED) is 0.612. The molecule has 6 nitrogen and oxygen atoms in total. The number of hydrogen-bond acceptors (Lipinski definition) is 5. The van der Waals surface area contributed by atoms with Crippen molar-refractivity contribution in [3.63, 3.8) is 0 Å². The lowest BCUT2D eigenvalue weighted by atomic mass is 10.2. The second-order valence-electron chi connectivity index (χ2n) is 8.18. The van der Waals surface area contributed by atoms with Crippen LogP contribution in [0.5, 0.6) is 0 Å². The highest BCUT2D eigenvalue weighted by Gasteiger charge is 2.24. The molecule has 0 spiro atoms.